The normalized spacial score (nSPS) is 18.8. The number of carbonyl (C=O) groups excluding carboxylic acids is 1. The summed E-state index contributed by atoms with van der Waals surface area (Å²) >= 11 is 4.34. The number of halogens is 2. The molecule has 0 radical (unpaired) electrons. The zero-order valence-electron chi connectivity index (χ0n) is 12.0. The van der Waals surface area contributed by atoms with Gasteiger partial charge in [-0.05, 0) is 48.0 Å². The Balaban J connectivity index is 0.00000242. The zero-order valence-corrected chi connectivity index (χ0v) is 16.1. The van der Waals surface area contributed by atoms with Crippen molar-refractivity contribution in [2.75, 3.05) is 26.7 Å². The molecule has 1 aliphatic heterocycles. The number of hydrogen-bond donors (Lipinski definition) is 2. The third kappa shape index (κ3) is 5.17. The molecule has 0 bridgehead atoms. The van der Waals surface area contributed by atoms with Crippen molar-refractivity contribution in [3.8, 4) is 0 Å². The van der Waals surface area contributed by atoms with E-state index in [0.29, 0.717) is 13.1 Å². The zero-order chi connectivity index (χ0) is 15.5. The molecule has 126 valence electrons. The van der Waals surface area contributed by atoms with E-state index in [4.69, 9.17) is 0 Å². The Labute approximate surface area is 149 Å². The van der Waals surface area contributed by atoms with Crippen molar-refractivity contribution < 1.29 is 13.2 Å². The SMILES string of the molecule is CNC1CCCN(C(=O)CNS(=O)(=O)c2ccc(Br)s2)C1.Cl. The summed E-state index contributed by atoms with van der Waals surface area (Å²) in [6.45, 7) is 1.11. The molecule has 1 fully saturated rings. The molecular formula is C12H19BrClN3O3S2. The average molecular weight is 433 g/mol. The first-order valence-corrected chi connectivity index (χ1v) is 9.71. The molecule has 1 saturated heterocycles. The van der Waals surface area contributed by atoms with Gasteiger partial charge < -0.3 is 10.2 Å². The van der Waals surface area contributed by atoms with Crippen LogP contribution in [0.5, 0.6) is 0 Å². The Morgan fingerprint density at radius 2 is 2.23 bits per heavy atom. The van der Waals surface area contributed by atoms with Crippen LogP contribution in [0.15, 0.2) is 20.1 Å². The predicted octanol–water partition coefficient (Wildman–Crippen LogP) is 1.42. The molecule has 10 heteroatoms. The fourth-order valence-corrected chi connectivity index (χ4v) is 5.25. The summed E-state index contributed by atoms with van der Waals surface area (Å²) in [5.74, 6) is -0.186. The molecule has 6 nitrogen and oxygen atoms in total. The number of sulfonamides is 1. The second-order valence-corrected chi connectivity index (χ2v) is 9.31. The van der Waals surface area contributed by atoms with Gasteiger partial charge in [0.25, 0.3) is 10.0 Å². The van der Waals surface area contributed by atoms with Gasteiger partial charge in [-0.15, -0.1) is 23.7 Å². The monoisotopic (exact) mass is 431 g/mol. The summed E-state index contributed by atoms with van der Waals surface area (Å²) in [6.07, 6.45) is 1.97. The van der Waals surface area contributed by atoms with Gasteiger partial charge in [0.05, 0.1) is 10.3 Å². The lowest BCUT2D eigenvalue weighted by Crippen LogP contribution is -2.49. The number of rotatable bonds is 5. The van der Waals surface area contributed by atoms with E-state index in [9.17, 15) is 13.2 Å². The van der Waals surface area contributed by atoms with Crippen molar-refractivity contribution >= 4 is 55.6 Å². The number of likely N-dealkylation sites (N-methyl/N-ethyl adjacent to an activating group) is 1. The van der Waals surface area contributed by atoms with E-state index < -0.39 is 10.0 Å². The van der Waals surface area contributed by atoms with Gasteiger partial charge in [0.1, 0.15) is 4.21 Å². The Kier molecular flexibility index (Phi) is 7.76. The fraction of sp³-hybridized carbons (Fsp3) is 0.583. The number of piperidine rings is 1. The highest BCUT2D eigenvalue weighted by Crippen LogP contribution is 2.25. The largest absolute Gasteiger partial charge is 0.340 e. The average Bonchev–Trinajstić information content (AvgIpc) is 2.92. The summed E-state index contributed by atoms with van der Waals surface area (Å²) in [4.78, 5) is 13.8. The van der Waals surface area contributed by atoms with E-state index in [1.165, 1.54) is 6.07 Å². The predicted molar refractivity (Wildman–Crippen MR) is 93.1 cm³/mol. The van der Waals surface area contributed by atoms with Crippen LogP contribution in [-0.4, -0.2) is 51.9 Å². The van der Waals surface area contributed by atoms with Crippen LogP contribution >= 0.6 is 39.7 Å². The molecule has 1 aromatic rings. The Hall–Kier alpha value is -0.190. The Morgan fingerprint density at radius 1 is 1.50 bits per heavy atom. The molecule has 2 N–H and O–H groups in total. The topological polar surface area (TPSA) is 78.5 Å². The van der Waals surface area contributed by atoms with E-state index >= 15 is 0 Å². The Bertz CT molecular complexity index is 609. The van der Waals surface area contributed by atoms with Crippen LogP contribution in [0.3, 0.4) is 0 Å². The molecule has 0 saturated carbocycles. The standard InChI is InChI=1S/C12H18BrN3O3S2.ClH/c1-14-9-3-2-6-16(8-9)11(17)7-15-21(18,19)12-5-4-10(13)20-12;/h4-5,9,14-15H,2-3,6-8H2,1H3;1H. The highest BCUT2D eigenvalue weighted by molar-refractivity contribution is 9.11. The molecule has 0 spiro atoms. The number of amides is 1. The van der Waals surface area contributed by atoms with Gasteiger partial charge >= 0.3 is 0 Å². The van der Waals surface area contributed by atoms with Crippen LogP contribution < -0.4 is 10.0 Å². The van der Waals surface area contributed by atoms with Gasteiger partial charge in [-0.25, -0.2) is 13.1 Å². The van der Waals surface area contributed by atoms with Crippen LogP contribution in [0.25, 0.3) is 0 Å². The van der Waals surface area contributed by atoms with Crippen LogP contribution in [0.1, 0.15) is 12.8 Å². The maximum Gasteiger partial charge on any atom is 0.250 e. The molecular weight excluding hydrogens is 414 g/mol. The van der Waals surface area contributed by atoms with Gasteiger partial charge in [-0.1, -0.05) is 0 Å². The van der Waals surface area contributed by atoms with Crippen LogP contribution in [0, 0.1) is 0 Å². The van der Waals surface area contributed by atoms with Gasteiger partial charge in [0.2, 0.25) is 5.91 Å². The number of nitrogens with zero attached hydrogens (tertiary/aromatic N) is 1. The summed E-state index contributed by atoms with van der Waals surface area (Å²) in [5, 5.41) is 3.15. The minimum atomic E-state index is -3.62. The van der Waals surface area contributed by atoms with Gasteiger partial charge in [-0.3, -0.25) is 4.79 Å². The Morgan fingerprint density at radius 3 is 2.82 bits per heavy atom. The molecule has 22 heavy (non-hydrogen) atoms. The smallest absolute Gasteiger partial charge is 0.250 e. The van der Waals surface area contributed by atoms with Crippen LogP contribution in [-0.2, 0) is 14.8 Å². The molecule has 1 aromatic heterocycles. The number of nitrogens with one attached hydrogen (secondary N) is 2. The van der Waals surface area contributed by atoms with Crippen molar-refractivity contribution in [3.05, 3.63) is 15.9 Å². The molecule has 0 aliphatic carbocycles. The lowest BCUT2D eigenvalue weighted by atomic mass is 10.1. The summed E-state index contributed by atoms with van der Waals surface area (Å²) in [6, 6.07) is 3.47. The van der Waals surface area contributed by atoms with E-state index in [0.717, 1.165) is 28.0 Å². The minimum Gasteiger partial charge on any atom is -0.340 e. The summed E-state index contributed by atoms with van der Waals surface area (Å²) in [7, 11) is -1.75. The summed E-state index contributed by atoms with van der Waals surface area (Å²) < 4.78 is 27.4. The fourth-order valence-electron chi connectivity index (χ4n) is 2.22. The van der Waals surface area contributed by atoms with E-state index in [1.54, 1.807) is 11.0 Å². The molecule has 0 aromatic carbocycles. The maximum atomic E-state index is 12.1. The van der Waals surface area contributed by atoms with Crippen molar-refractivity contribution in [2.45, 2.75) is 23.1 Å². The lowest BCUT2D eigenvalue weighted by Gasteiger charge is -2.32. The van der Waals surface area contributed by atoms with Gasteiger partial charge in [-0.2, -0.15) is 0 Å². The van der Waals surface area contributed by atoms with E-state index in [-0.39, 0.29) is 35.1 Å². The van der Waals surface area contributed by atoms with E-state index in [1.807, 2.05) is 7.05 Å². The molecule has 2 rings (SSSR count). The first kappa shape index (κ1) is 19.9. The van der Waals surface area contributed by atoms with E-state index in [2.05, 4.69) is 26.0 Å². The third-order valence-electron chi connectivity index (χ3n) is 3.41. The van der Waals surface area contributed by atoms with Crippen molar-refractivity contribution in [1.29, 1.82) is 0 Å². The van der Waals surface area contributed by atoms with Crippen molar-refractivity contribution in [2.24, 2.45) is 0 Å². The molecule has 1 amide bonds. The molecule has 1 atom stereocenters. The van der Waals surface area contributed by atoms with Crippen molar-refractivity contribution in [1.82, 2.24) is 14.9 Å². The highest BCUT2D eigenvalue weighted by Gasteiger charge is 2.24. The molecule has 2 heterocycles. The number of carbonyl (C=O) groups is 1. The number of likely N-dealkylation sites (tertiary alicyclic amines) is 1. The number of hydrogen-bond acceptors (Lipinski definition) is 5. The molecule has 1 unspecified atom stereocenters. The maximum absolute atomic E-state index is 12.1. The second kappa shape index (κ2) is 8.60. The molecule has 1 aliphatic rings. The lowest BCUT2D eigenvalue weighted by molar-refractivity contribution is -0.131. The van der Waals surface area contributed by atoms with Crippen LogP contribution in [0.4, 0.5) is 0 Å². The van der Waals surface area contributed by atoms with Gasteiger partial charge in [0, 0.05) is 19.1 Å². The minimum absolute atomic E-state index is 0. The second-order valence-electron chi connectivity index (χ2n) is 4.85. The number of thiophene rings is 1. The summed E-state index contributed by atoms with van der Waals surface area (Å²) in [5.41, 5.74) is 0. The van der Waals surface area contributed by atoms with Gasteiger partial charge in [0.15, 0.2) is 0 Å². The van der Waals surface area contributed by atoms with Crippen LogP contribution in [0.2, 0.25) is 0 Å². The first-order chi connectivity index (χ1) is 9.92. The van der Waals surface area contributed by atoms with Crippen molar-refractivity contribution in [3.63, 3.8) is 0 Å². The quantitative estimate of drug-likeness (QED) is 0.737. The third-order valence-corrected chi connectivity index (χ3v) is 6.93. The highest BCUT2D eigenvalue weighted by atomic mass is 79.9. The first-order valence-electron chi connectivity index (χ1n) is 6.62.